The number of aryl methyl sites for hydroxylation is 2. The van der Waals surface area contributed by atoms with Crippen molar-refractivity contribution < 1.29 is 9.18 Å². The standard InChI is InChI=1S/C21H25FN2O/c1-13-4-5-16(10-14(13)2)17-6-7-18(19(22)11-17)21(25)24-20-8-9-23-12-15(20)3/h4-7,10-11,15,20,23H,8-9,12H2,1-3H3,(H,24,25). The Morgan fingerprint density at radius 3 is 2.52 bits per heavy atom. The summed E-state index contributed by atoms with van der Waals surface area (Å²) in [5.41, 5.74) is 4.22. The van der Waals surface area contributed by atoms with Gasteiger partial charge in [-0.15, -0.1) is 0 Å². The van der Waals surface area contributed by atoms with E-state index in [9.17, 15) is 9.18 Å². The Labute approximate surface area is 148 Å². The van der Waals surface area contributed by atoms with Gasteiger partial charge >= 0.3 is 0 Å². The number of rotatable bonds is 3. The summed E-state index contributed by atoms with van der Waals surface area (Å²) < 4.78 is 14.5. The second kappa shape index (κ2) is 7.36. The second-order valence-electron chi connectivity index (χ2n) is 7.04. The monoisotopic (exact) mass is 340 g/mol. The van der Waals surface area contributed by atoms with Crippen molar-refractivity contribution in [1.29, 1.82) is 0 Å². The molecular weight excluding hydrogens is 315 g/mol. The zero-order valence-electron chi connectivity index (χ0n) is 15.0. The van der Waals surface area contributed by atoms with E-state index in [2.05, 4.69) is 24.5 Å². The summed E-state index contributed by atoms with van der Waals surface area (Å²) >= 11 is 0. The lowest BCUT2D eigenvalue weighted by atomic mass is 9.94. The summed E-state index contributed by atoms with van der Waals surface area (Å²) in [6.07, 6.45) is 0.870. The smallest absolute Gasteiger partial charge is 0.254 e. The third-order valence-electron chi connectivity index (χ3n) is 5.16. The fourth-order valence-electron chi connectivity index (χ4n) is 3.27. The van der Waals surface area contributed by atoms with Crippen LogP contribution in [0.3, 0.4) is 0 Å². The minimum absolute atomic E-state index is 0.0903. The Balaban J connectivity index is 1.79. The summed E-state index contributed by atoms with van der Waals surface area (Å²) in [5.74, 6) is -0.465. The van der Waals surface area contributed by atoms with Gasteiger partial charge in [0, 0.05) is 6.04 Å². The van der Waals surface area contributed by atoms with E-state index in [4.69, 9.17) is 0 Å². The van der Waals surface area contributed by atoms with E-state index >= 15 is 0 Å². The van der Waals surface area contributed by atoms with E-state index in [1.165, 1.54) is 17.2 Å². The zero-order valence-corrected chi connectivity index (χ0v) is 15.0. The van der Waals surface area contributed by atoms with Gasteiger partial charge in [0.15, 0.2) is 0 Å². The number of amides is 1. The molecule has 2 aromatic rings. The van der Waals surface area contributed by atoms with Crippen LogP contribution in [0.15, 0.2) is 36.4 Å². The summed E-state index contributed by atoms with van der Waals surface area (Å²) in [6.45, 7) is 7.94. The van der Waals surface area contributed by atoms with Crippen molar-refractivity contribution in [3.05, 3.63) is 58.9 Å². The van der Waals surface area contributed by atoms with Crippen LogP contribution >= 0.6 is 0 Å². The van der Waals surface area contributed by atoms with Crippen LogP contribution in [-0.2, 0) is 0 Å². The Kier molecular flexibility index (Phi) is 5.19. The molecule has 0 aliphatic carbocycles. The molecule has 0 spiro atoms. The van der Waals surface area contributed by atoms with Crippen molar-refractivity contribution in [2.75, 3.05) is 13.1 Å². The number of hydrogen-bond donors (Lipinski definition) is 2. The first kappa shape index (κ1) is 17.6. The van der Waals surface area contributed by atoms with Crippen LogP contribution in [0.25, 0.3) is 11.1 Å². The molecule has 2 unspecified atom stereocenters. The highest BCUT2D eigenvalue weighted by atomic mass is 19.1. The molecule has 2 atom stereocenters. The van der Waals surface area contributed by atoms with Crippen molar-refractivity contribution in [2.24, 2.45) is 5.92 Å². The maximum Gasteiger partial charge on any atom is 0.254 e. The molecule has 1 heterocycles. The number of carbonyl (C=O) groups excluding carboxylic acids is 1. The van der Waals surface area contributed by atoms with Crippen LogP contribution in [-0.4, -0.2) is 25.0 Å². The highest BCUT2D eigenvalue weighted by Crippen LogP contribution is 2.24. The van der Waals surface area contributed by atoms with E-state index in [0.29, 0.717) is 5.92 Å². The lowest BCUT2D eigenvalue weighted by Crippen LogP contribution is -2.48. The summed E-state index contributed by atoms with van der Waals surface area (Å²) in [7, 11) is 0. The van der Waals surface area contributed by atoms with Gasteiger partial charge in [0.25, 0.3) is 5.91 Å². The van der Waals surface area contributed by atoms with E-state index < -0.39 is 5.82 Å². The first-order valence-electron chi connectivity index (χ1n) is 8.84. The van der Waals surface area contributed by atoms with Gasteiger partial charge in [0.1, 0.15) is 5.82 Å². The van der Waals surface area contributed by atoms with Gasteiger partial charge in [-0.05, 0) is 73.7 Å². The van der Waals surface area contributed by atoms with Crippen molar-refractivity contribution in [2.45, 2.75) is 33.2 Å². The predicted octanol–water partition coefficient (Wildman–Crippen LogP) is 3.84. The van der Waals surface area contributed by atoms with E-state index in [-0.39, 0.29) is 17.5 Å². The Hall–Kier alpha value is -2.20. The molecule has 132 valence electrons. The fraction of sp³-hybridized carbons (Fsp3) is 0.381. The number of carbonyl (C=O) groups is 1. The molecule has 1 saturated heterocycles. The molecule has 0 bridgehead atoms. The fourth-order valence-corrected chi connectivity index (χ4v) is 3.27. The normalized spacial score (nSPS) is 20.3. The van der Waals surface area contributed by atoms with Crippen LogP contribution in [0.4, 0.5) is 4.39 Å². The Bertz CT molecular complexity index is 787. The first-order chi connectivity index (χ1) is 12.0. The minimum Gasteiger partial charge on any atom is -0.349 e. The van der Waals surface area contributed by atoms with Crippen LogP contribution < -0.4 is 10.6 Å². The topological polar surface area (TPSA) is 41.1 Å². The van der Waals surface area contributed by atoms with Gasteiger partial charge in [-0.3, -0.25) is 4.79 Å². The highest BCUT2D eigenvalue weighted by Gasteiger charge is 2.24. The number of nitrogens with one attached hydrogen (secondary N) is 2. The predicted molar refractivity (Wildman–Crippen MR) is 99.2 cm³/mol. The summed E-state index contributed by atoms with van der Waals surface area (Å²) in [5, 5.41) is 6.28. The molecule has 2 aromatic carbocycles. The van der Waals surface area contributed by atoms with Gasteiger partial charge in [-0.2, -0.15) is 0 Å². The first-order valence-corrected chi connectivity index (χ1v) is 8.84. The molecule has 1 aliphatic rings. The van der Waals surface area contributed by atoms with Gasteiger partial charge < -0.3 is 10.6 Å². The van der Waals surface area contributed by atoms with Crippen molar-refractivity contribution in [3.63, 3.8) is 0 Å². The lowest BCUT2D eigenvalue weighted by molar-refractivity contribution is 0.0910. The summed E-state index contributed by atoms with van der Waals surface area (Å²) in [6, 6.07) is 11.0. The number of halogens is 1. The molecule has 1 fully saturated rings. The van der Waals surface area contributed by atoms with Gasteiger partial charge in [-0.25, -0.2) is 4.39 Å². The largest absolute Gasteiger partial charge is 0.349 e. The van der Waals surface area contributed by atoms with E-state index in [1.807, 2.05) is 31.2 Å². The molecule has 1 aliphatic heterocycles. The average Bonchev–Trinajstić information content (AvgIpc) is 2.59. The van der Waals surface area contributed by atoms with Crippen LogP contribution in [0, 0.1) is 25.6 Å². The number of piperidine rings is 1. The maximum atomic E-state index is 14.5. The Morgan fingerprint density at radius 2 is 1.84 bits per heavy atom. The number of hydrogen-bond acceptors (Lipinski definition) is 2. The molecular formula is C21H25FN2O. The van der Waals surface area contributed by atoms with Crippen molar-refractivity contribution in [3.8, 4) is 11.1 Å². The second-order valence-corrected chi connectivity index (χ2v) is 7.04. The van der Waals surface area contributed by atoms with E-state index in [0.717, 1.165) is 30.6 Å². The lowest BCUT2D eigenvalue weighted by Gasteiger charge is -2.30. The number of benzene rings is 2. The SMILES string of the molecule is Cc1ccc(-c2ccc(C(=O)NC3CCNCC3C)c(F)c2)cc1C. The van der Waals surface area contributed by atoms with Crippen LogP contribution in [0.1, 0.15) is 34.8 Å². The van der Waals surface area contributed by atoms with Gasteiger partial charge in [-0.1, -0.05) is 31.2 Å². The van der Waals surface area contributed by atoms with Crippen LogP contribution in [0.2, 0.25) is 0 Å². The average molecular weight is 340 g/mol. The zero-order chi connectivity index (χ0) is 18.0. The minimum atomic E-state index is -0.477. The summed E-state index contributed by atoms with van der Waals surface area (Å²) in [4.78, 5) is 12.5. The van der Waals surface area contributed by atoms with Crippen molar-refractivity contribution in [1.82, 2.24) is 10.6 Å². The van der Waals surface area contributed by atoms with Crippen molar-refractivity contribution >= 4 is 5.91 Å². The van der Waals surface area contributed by atoms with E-state index in [1.54, 1.807) is 6.07 Å². The molecule has 2 N–H and O–H groups in total. The molecule has 25 heavy (non-hydrogen) atoms. The molecule has 0 saturated carbocycles. The van der Waals surface area contributed by atoms with Gasteiger partial charge in [0.2, 0.25) is 0 Å². The Morgan fingerprint density at radius 1 is 1.12 bits per heavy atom. The third kappa shape index (κ3) is 3.90. The maximum absolute atomic E-state index is 14.5. The van der Waals surface area contributed by atoms with Crippen LogP contribution in [0.5, 0.6) is 0 Å². The molecule has 0 radical (unpaired) electrons. The molecule has 1 amide bonds. The molecule has 3 rings (SSSR count). The third-order valence-corrected chi connectivity index (χ3v) is 5.16. The van der Waals surface area contributed by atoms with Gasteiger partial charge in [0.05, 0.1) is 5.56 Å². The molecule has 3 nitrogen and oxygen atoms in total. The molecule has 0 aromatic heterocycles. The highest BCUT2D eigenvalue weighted by molar-refractivity contribution is 5.95. The molecule has 4 heteroatoms. The quantitative estimate of drug-likeness (QED) is 0.891.